The number of hydrogen-bond donors (Lipinski definition) is 3. The fourth-order valence-corrected chi connectivity index (χ4v) is 3.21. The third-order valence-electron chi connectivity index (χ3n) is 4.30. The van der Waals surface area contributed by atoms with Crippen molar-refractivity contribution in [2.24, 2.45) is 0 Å². The fraction of sp³-hybridized carbons (Fsp3) is 0.0435. The Bertz CT molecular complexity index is 1200. The van der Waals surface area contributed by atoms with Gasteiger partial charge in [-0.25, -0.2) is 4.79 Å². The van der Waals surface area contributed by atoms with E-state index in [1.807, 2.05) is 0 Å². The van der Waals surface area contributed by atoms with E-state index in [4.69, 9.17) is 4.74 Å². The normalized spacial score (nSPS) is 10.9. The van der Waals surface area contributed by atoms with Crippen molar-refractivity contribution in [1.29, 1.82) is 0 Å². The van der Waals surface area contributed by atoms with Crippen molar-refractivity contribution in [3.63, 3.8) is 0 Å². The molecule has 0 unspecified atom stereocenters. The fourth-order valence-electron chi connectivity index (χ4n) is 2.75. The Labute approximate surface area is 192 Å². The van der Waals surface area contributed by atoms with Gasteiger partial charge in [-0.1, -0.05) is 18.2 Å². The standard InChI is InChI=1S/C23H18BrN3O5/c1-32-20-9-8-15(23(30)31)12-18(20)26-22(29)19(11-14-5-4-10-25-13-14)27-21(28)16-6-2-3-7-17(16)24/h2-13H,1H3,(H,26,29)(H,27,28)(H,30,31). The van der Waals surface area contributed by atoms with Gasteiger partial charge >= 0.3 is 5.97 Å². The molecule has 2 amide bonds. The van der Waals surface area contributed by atoms with Crippen LogP contribution in [0.4, 0.5) is 5.69 Å². The van der Waals surface area contributed by atoms with E-state index in [0.29, 0.717) is 15.6 Å². The van der Waals surface area contributed by atoms with Gasteiger partial charge in [0.25, 0.3) is 11.8 Å². The number of nitrogens with one attached hydrogen (secondary N) is 2. The van der Waals surface area contributed by atoms with E-state index in [2.05, 4.69) is 31.5 Å². The van der Waals surface area contributed by atoms with Gasteiger partial charge in [-0.3, -0.25) is 14.6 Å². The Kier molecular flexibility index (Phi) is 7.35. The van der Waals surface area contributed by atoms with E-state index >= 15 is 0 Å². The van der Waals surface area contributed by atoms with Gasteiger partial charge in [-0.2, -0.15) is 0 Å². The molecule has 0 bridgehead atoms. The molecular weight excluding hydrogens is 478 g/mol. The Morgan fingerprint density at radius 2 is 1.88 bits per heavy atom. The summed E-state index contributed by atoms with van der Waals surface area (Å²) in [5.41, 5.74) is 0.960. The van der Waals surface area contributed by atoms with Gasteiger partial charge in [0.05, 0.1) is 23.9 Å². The van der Waals surface area contributed by atoms with Gasteiger partial charge in [-0.05, 0) is 64.0 Å². The number of ether oxygens (including phenoxy) is 1. The Morgan fingerprint density at radius 3 is 2.53 bits per heavy atom. The Balaban J connectivity index is 1.95. The molecule has 0 aliphatic heterocycles. The first kappa shape index (κ1) is 22.7. The number of benzene rings is 2. The topological polar surface area (TPSA) is 118 Å². The molecule has 1 heterocycles. The highest BCUT2D eigenvalue weighted by Crippen LogP contribution is 2.26. The van der Waals surface area contributed by atoms with Crippen molar-refractivity contribution >= 4 is 45.5 Å². The summed E-state index contributed by atoms with van der Waals surface area (Å²) in [5, 5.41) is 14.5. The summed E-state index contributed by atoms with van der Waals surface area (Å²) in [6, 6.07) is 14.3. The van der Waals surface area contributed by atoms with Crippen LogP contribution >= 0.6 is 15.9 Å². The number of aromatic nitrogens is 1. The molecule has 0 fully saturated rings. The van der Waals surface area contributed by atoms with E-state index in [0.717, 1.165) is 0 Å². The SMILES string of the molecule is COc1ccc(C(=O)O)cc1NC(=O)C(=Cc1cccnc1)NC(=O)c1ccccc1Br. The third-order valence-corrected chi connectivity index (χ3v) is 4.99. The van der Waals surface area contributed by atoms with Gasteiger partial charge in [-0.15, -0.1) is 0 Å². The lowest BCUT2D eigenvalue weighted by molar-refractivity contribution is -0.113. The molecule has 3 aromatic rings. The molecule has 0 saturated carbocycles. The second-order valence-electron chi connectivity index (χ2n) is 6.45. The number of carboxylic acids is 1. The van der Waals surface area contributed by atoms with Crippen LogP contribution in [-0.2, 0) is 4.79 Å². The average molecular weight is 496 g/mol. The van der Waals surface area contributed by atoms with Gasteiger partial charge < -0.3 is 20.5 Å². The lowest BCUT2D eigenvalue weighted by Crippen LogP contribution is -2.31. The van der Waals surface area contributed by atoms with E-state index < -0.39 is 17.8 Å². The number of rotatable bonds is 7. The molecule has 0 aliphatic carbocycles. The lowest BCUT2D eigenvalue weighted by Gasteiger charge is -2.14. The largest absolute Gasteiger partial charge is 0.495 e. The molecule has 0 radical (unpaired) electrons. The summed E-state index contributed by atoms with van der Waals surface area (Å²) in [6.45, 7) is 0. The van der Waals surface area contributed by atoms with E-state index in [1.54, 1.807) is 42.6 Å². The molecule has 32 heavy (non-hydrogen) atoms. The second kappa shape index (κ2) is 10.4. The molecule has 0 aliphatic rings. The number of anilines is 1. The Morgan fingerprint density at radius 1 is 1.09 bits per heavy atom. The first-order valence-electron chi connectivity index (χ1n) is 9.29. The van der Waals surface area contributed by atoms with Gasteiger partial charge in [0.1, 0.15) is 11.4 Å². The summed E-state index contributed by atoms with van der Waals surface area (Å²) in [5.74, 6) is -2.07. The number of carbonyl (C=O) groups is 3. The molecule has 2 aromatic carbocycles. The minimum atomic E-state index is -1.16. The molecule has 0 atom stereocenters. The van der Waals surface area contributed by atoms with Crippen LogP contribution < -0.4 is 15.4 Å². The smallest absolute Gasteiger partial charge is 0.335 e. The monoisotopic (exact) mass is 495 g/mol. The molecule has 3 rings (SSSR count). The maximum absolute atomic E-state index is 13.1. The van der Waals surface area contributed by atoms with Gasteiger partial charge in [0.2, 0.25) is 0 Å². The summed E-state index contributed by atoms with van der Waals surface area (Å²) >= 11 is 3.32. The lowest BCUT2D eigenvalue weighted by atomic mass is 10.1. The van der Waals surface area contributed by atoms with Crippen LogP contribution in [0.5, 0.6) is 5.75 Å². The first-order valence-corrected chi connectivity index (χ1v) is 10.1. The quantitative estimate of drug-likeness (QED) is 0.427. The summed E-state index contributed by atoms with van der Waals surface area (Å²) < 4.78 is 5.78. The highest BCUT2D eigenvalue weighted by atomic mass is 79.9. The summed E-state index contributed by atoms with van der Waals surface area (Å²) in [6.07, 6.45) is 4.58. The minimum Gasteiger partial charge on any atom is -0.495 e. The van der Waals surface area contributed by atoms with E-state index in [1.165, 1.54) is 37.6 Å². The van der Waals surface area contributed by atoms with Crippen LogP contribution in [0.1, 0.15) is 26.3 Å². The van der Waals surface area contributed by atoms with Crippen molar-refractivity contribution in [1.82, 2.24) is 10.3 Å². The minimum absolute atomic E-state index is 0.0314. The van der Waals surface area contributed by atoms with Crippen LogP contribution in [0.2, 0.25) is 0 Å². The summed E-state index contributed by atoms with van der Waals surface area (Å²) in [4.78, 5) is 41.2. The van der Waals surface area contributed by atoms with Crippen LogP contribution in [0.25, 0.3) is 6.08 Å². The van der Waals surface area contributed by atoms with Gasteiger partial charge in [0, 0.05) is 16.9 Å². The molecule has 0 saturated heterocycles. The first-order chi connectivity index (χ1) is 15.4. The molecule has 3 N–H and O–H groups in total. The average Bonchev–Trinajstić information content (AvgIpc) is 2.79. The van der Waals surface area contributed by atoms with Crippen molar-refractivity contribution in [2.75, 3.05) is 12.4 Å². The molecule has 8 nitrogen and oxygen atoms in total. The van der Waals surface area contributed by atoms with Crippen LogP contribution in [0.3, 0.4) is 0 Å². The number of aromatic carboxylic acids is 1. The van der Waals surface area contributed by atoms with Crippen molar-refractivity contribution < 1.29 is 24.2 Å². The highest BCUT2D eigenvalue weighted by molar-refractivity contribution is 9.10. The number of carbonyl (C=O) groups excluding carboxylic acids is 2. The zero-order valence-electron chi connectivity index (χ0n) is 16.8. The van der Waals surface area contributed by atoms with Crippen molar-refractivity contribution in [3.8, 4) is 5.75 Å². The predicted octanol–water partition coefficient (Wildman–Crippen LogP) is 3.96. The highest BCUT2D eigenvalue weighted by Gasteiger charge is 2.19. The number of amides is 2. The maximum atomic E-state index is 13.1. The van der Waals surface area contributed by atoms with Crippen molar-refractivity contribution in [2.45, 2.75) is 0 Å². The number of methoxy groups -OCH3 is 1. The Hall–Kier alpha value is -3.98. The molecule has 162 valence electrons. The zero-order chi connectivity index (χ0) is 23.1. The zero-order valence-corrected chi connectivity index (χ0v) is 18.4. The molecular formula is C23H18BrN3O5. The van der Waals surface area contributed by atoms with Crippen molar-refractivity contribution in [3.05, 3.63) is 93.9 Å². The molecule has 9 heteroatoms. The predicted molar refractivity (Wildman–Crippen MR) is 122 cm³/mol. The van der Waals surface area contributed by atoms with Crippen LogP contribution in [-0.4, -0.2) is 35.0 Å². The van der Waals surface area contributed by atoms with Crippen LogP contribution in [0.15, 0.2) is 77.2 Å². The number of halogens is 1. The number of carboxylic acid groups (broad SMARTS) is 1. The number of pyridine rings is 1. The molecule has 1 aromatic heterocycles. The maximum Gasteiger partial charge on any atom is 0.335 e. The van der Waals surface area contributed by atoms with Crippen LogP contribution in [0, 0.1) is 0 Å². The number of nitrogens with zero attached hydrogens (tertiary/aromatic N) is 1. The van der Waals surface area contributed by atoms with Gasteiger partial charge in [0.15, 0.2) is 0 Å². The second-order valence-corrected chi connectivity index (χ2v) is 7.31. The van der Waals surface area contributed by atoms with E-state index in [9.17, 15) is 19.5 Å². The van der Waals surface area contributed by atoms with E-state index in [-0.39, 0.29) is 22.7 Å². The third kappa shape index (κ3) is 5.58. The number of hydrogen-bond acceptors (Lipinski definition) is 5. The molecule has 0 spiro atoms. The summed E-state index contributed by atoms with van der Waals surface area (Å²) in [7, 11) is 1.40.